The highest BCUT2D eigenvalue weighted by Gasteiger charge is 2.35. The van der Waals surface area contributed by atoms with Crippen LogP contribution in [0.25, 0.3) is 11.0 Å². The zero-order chi connectivity index (χ0) is 14.9. The minimum atomic E-state index is -0.516. The number of aromatic nitrogens is 2. The number of rotatable bonds is 5. The van der Waals surface area contributed by atoms with Crippen LogP contribution in [0.5, 0.6) is 0 Å². The number of hydrogen-bond donors (Lipinski definition) is 1. The number of nitrogens with one attached hydrogen (secondary N) is 1. The van der Waals surface area contributed by atoms with Crippen LogP contribution in [-0.4, -0.2) is 47.7 Å². The van der Waals surface area contributed by atoms with E-state index in [1.54, 1.807) is 13.2 Å². The van der Waals surface area contributed by atoms with E-state index in [1.807, 2.05) is 0 Å². The summed E-state index contributed by atoms with van der Waals surface area (Å²) >= 11 is 0. The van der Waals surface area contributed by atoms with Crippen molar-refractivity contribution in [2.45, 2.75) is 12.0 Å². The summed E-state index contributed by atoms with van der Waals surface area (Å²) in [6.07, 6.45) is 0.781. The third kappa shape index (κ3) is 2.41. The van der Waals surface area contributed by atoms with Crippen LogP contribution in [0.2, 0.25) is 0 Å². The Kier molecular flexibility index (Phi) is 3.43. The number of nitro groups is 1. The van der Waals surface area contributed by atoms with Crippen LogP contribution in [0.4, 0.5) is 11.4 Å². The number of nitro benzene ring substituents is 1. The molecule has 9 heteroatoms. The molecule has 3 rings (SSSR count). The molecule has 2 aromatic rings. The molecule has 0 bridgehead atoms. The van der Waals surface area contributed by atoms with Crippen LogP contribution in [-0.2, 0) is 9.47 Å². The molecule has 0 aliphatic carbocycles. The molecule has 21 heavy (non-hydrogen) atoms. The summed E-state index contributed by atoms with van der Waals surface area (Å²) in [4.78, 5) is 10.4. The summed E-state index contributed by atoms with van der Waals surface area (Å²) in [6.45, 7) is 1.66. The van der Waals surface area contributed by atoms with Crippen LogP contribution in [0, 0.1) is 10.1 Å². The first-order valence-electron chi connectivity index (χ1n) is 6.42. The Hall–Kier alpha value is -2.26. The number of anilines is 1. The molecule has 0 amide bonds. The summed E-state index contributed by atoms with van der Waals surface area (Å²) in [5, 5.41) is 21.4. The quantitative estimate of drug-likeness (QED) is 0.649. The number of hydrogen-bond acceptors (Lipinski definition) is 8. The monoisotopic (exact) mass is 294 g/mol. The molecular formula is C12H14N4O5. The Balaban J connectivity index is 1.86. The van der Waals surface area contributed by atoms with Crippen molar-refractivity contribution < 1.29 is 19.0 Å². The van der Waals surface area contributed by atoms with Gasteiger partial charge in [-0.15, -0.1) is 0 Å². The number of non-ortho nitro benzene ring substituents is 1. The molecule has 1 aromatic carbocycles. The molecule has 9 nitrogen and oxygen atoms in total. The lowest BCUT2D eigenvalue weighted by Crippen LogP contribution is -2.39. The van der Waals surface area contributed by atoms with Crippen molar-refractivity contribution in [2.24, 2.45) is 0 Å². The van der Waals surface area contributed by atoms with E-state index in [1.165, 1.54) is 6.07 Å². The zero-order valence-corrected chi connectivity index (χ0v) is 11.4. The second-order valence-electron chi connectivity index (χ2n) is 4.89. The Labute approximate surface area is 119 Å². The minimum Gasteiger partial charge on any atom is -0.380 e. The van der Waals surface area contributed by atoms with Gasteiger partial charge in [-0.2, -0.15) is 0 Å². The van der Waals surface area contributed by atoms with Gasteiger partial charge in [-0.1, -0.05) is 0 Å². The predicted molar refractivity (Wildman–Crippen MR) is 72.1 cm³/mol. The maximum absolute atomic E-state index is 10.9. The van der Waals surface area contributed by atoms with Crippen molar-refractivity contribution in [1.82, 2.24) is 10.3 Å². The van der Waals surface area contributed by atoms with Gasteiger partial charge < -0.3 is 14.8 Å². The van der Waals surface area contributed by atoms with Crippen molar-refractivity contribution >= 4 is 22.4 Å². The molecule has 112 valence electrons. The van der Waals surface area contributed by atoms with Crippen LogP contribution >= 0.6 is 0 Å². The van der Waals surface area contributed by atoms with E-state index in [2.05, 4.69) is 20.3 Å². The lowest BCUT2D eigenvalue weighted by atomic mass is 10.0. The Morgan fingerprint density at radius 3 is 2.95 bits per heavy atom. The first-order chi connectivity index (χ1) is 10.2. The van der Waals surface area contributed by atoms with Crippen molar-refractivity contribution in [3.05, 3.63) is 22.2 Å². The SMILES string of the molecule is COC1(CNc2ccc([N+](=O)[O-])c3nonc23)CCOC1. The molecule has 1 fully saturated rings. The zero-order valence-electron chi connectivity index (χ0n) is 11.4. The highest BCUT2D eigenvalue weighted by molar-refractivity contribution is 5.93. The van der Waals surface area contributed by atoms with E-state index < -0.39 is 10.5 Å². The third-order valence-corrected chi connectivity index (χ3v) is 3.69. The molecule has 2 heterocycles. The summed E-state index contributed by atoms with van der Waals surface area (Å²) in [5.74, 6) is 0. The molecule has 1 aliphatic rings. The van der Waals surface area contributed by atoms with Crippen molar-refractivity contribution in [2.75, 3.05) is 32.2 Å². The predicted octanol–water partition coefficient (Wildman–Crippen LogP) is 1.35. The molecule has 0 spiro atoms. The maximum Gasteiger partial charge on any atom is 0.300 e. The summed E-state index contributed by atoms with van der Waals surface area (Å²) in [6, 6.07) is 2.96. The van der Waals surface area contributed by atoms with Crippen LogP contribution in [0.3, 0.4) is 0 Å². The minimum absolute atomic E-state index is 0.124. The number of nitrogens with zero attached hydrogens (tertiary/aromatic N) is 3. The van der Waals surface area contributed by atoms with E-state index >= 15 is 0 Å². The van der Waals surface area contributed by atoms with Gasteiger partial charge in [0.15, 0.2) is 5.52 Å². The molecule has 0 radical (unpaired) electrons. The molecule has 1 N–H and O–H groups in total. The van der Waals surface area contributed by atoms with Gasteiger partial charge in [0.05, 0.1) is 17.2 Å². The summed E-state index contributed by atoms with van der Waals surface area (Å²) in [5.41, 5.74) is 0.529. The number of fused-ring (bicyclic) bond motifs is 1. The number of benzene rings is 1. The summed E-state index contributed by atoms with van der Waals surface area (Å²) in [7, 11) is 1.64. The fourth-order valence-corrected chi connectivity index (χ4v) is 2.36. The second kappa shape index (κ2) is 5.26. The van der Waals surface area contributed by atoms with Crippen LogP contribution in [0.1, 0.15) is 6.42 Å². The fraction of sp³-hybridized carbons (Fsp3) is 0.500. The highest BCUT2D eigenvalue weighted by Crippen LogP contribution is 2.30. The van der Waals surface area contributed by atoms with Gasteiger partial charge in [-0.05, 0) is 16.4 Å². The van der Waals surface area contributed by atoms with E-state index in [9.17, 15) is 10.1 Å². The van der Waals surface area contributed by atoms with Crippen LogP contribution < -0.4 is 5.32 Å². The van der Waals surface area contributed by atoms with Crippen LogP contribution in [0.15, 0.2) is 16.8 Å². The smallest absolute Gasteiger partial charge is 0.300 e. The lowest BCUT2D eigenvalue weighted by Gasteiger charge is -2.26. The third-order valence-electron chi connectivity index (χ3n) is 3.69. The van der Waals surface area contributed by atoms with E-state index in [0.29, 0.717) is 31.0 Å². The maximum atomic E-state index is 10.9. The Bertz CT molecular complexity index is 665. The van der Waals surface area contributed by atoms with Gasteiger partial charge in [0, 0.05) is 32.7 Å². The van der Waals surface area contributed by atoms with Crippen molar-refractivity contribution in [3.63, 3.8) is 0 Å². The topological polar surface area (TPSA) is 113 Å². The van der Waals surface area contributed by atoms with Gasteiger partial charge >= 0.3 is 5.69 Å². The van der Waals surface area contributed by atoms with Gasteiger partial charge in [-0.3, -0.25) is 10.1 Å². The molecule has 1 aliphatic heterocycles. The van der Waals surface area contributed by atoms with E-state index in [0.717, 1.165) is 6.42 Å². The summed E-state index contributed by atoms with van der Waals surface area (Å²) < 4.78 is 15.5. The fourth-order valence-electron chi connectivity index (χ4n) is 2.36. The first-order valence-corrected chi connectivity index (χ1v) is 6.42. The van der Waals surface area contributed by atoms with E-state index in [-0.39, 0.29) is 11.2 Å². The molecule has 1 saturated heterocycles. The molecule has 0 saturated carbocycles. The molecule has 1 unspecified atom stereocenters. The number of methoxy groups -OCH3 is 1. The molecule has 1 aromatic heterocycles. The Morgan fingerprint density at radius 2 is 2.29 bits per heavy atom. The standard InChI is InChI=1S/C12H14N4O5/c1-19-12(4-5-20-7-12)6-13-8-2-3-9(16(17)18)11-10(8)14-21-15-11/h2-3,13H,4-7H2,1H3. The second-order valence-corrected chi connectivity index (χ2v) is 4.89. The lowest BCUT2D eigenvalue weighted by molar-refractivity contribution is -0.383. The molecular weight excluding hydrogens is 280 g/mol. The van der Waals surface area contributed by atoms with Crippen molar-refractivity contribution in [1.29, 1.82) is 0 Å². The largest absolute Gasteiger partial charge is 0.380 e. The highest BCUT2D eigenvalue weighted by atomic mass is 16.6. The molecule has 1 atom stereocenters. The van der Waals surface area contributed by atoms with Gasteiger partial charge in [0.1, 0.15) is 5.60 Å². The average molecular weight is 294 g/mol. The normalized spacial score (nSPS) is 21.8. The van der Waals surface area contributed by atoms with E-state index in [4.69, 9.17) is 9.47 Å². The first kappa shape index (κ1) is 13.7. The van der Waals surface area contributed by atoms with Crippen molar-refractivity contribution in [3.8, 4) is 0 Å². The van der Waals surface area contributed by atoms with Gasteiger partial charge in [0.25, 0.3) is 0 Å². The Morgan fingerprint density at radius 1 is 1.48 bits per heavy atom. The van der Waals surface area contributed by atoms with Gasteiger partial charge in [-0.25, -0.2) is 4.63 Å². The number of ether oxygens (including phenoxy) is 2. The average Bonchev–Trinajstić information content (AvgIpc) is 3.14. The van der Waals surface area contributed by atoms with Gasteiger partial charge in [0.2, 0.25) is 5.52 Å².